The van der Waals surface area contributed by atoms with Crippen LogP contribution in [0.3, 0.4) is 0 Å². The number of anilines is 1. The number of nitrogens with one attached hydrogen (secondary N) is 1. The maximum absolute atomic E-state index is 12.3. The standard InChI is InChI=1S/C19H18N6O/c1-24(19(26)13-21-16-9-7-15(11-20)8-10-16)14-17-12-22-25(23-17)18-5-3-2-4-6-18/h2-10,12,21H,13-14H2,1H3. The highest BCUT2D eigenvalue weighted by Gasteiger charge is 2.11. The first kappa shape index (κ1) is 17.2. The Morgan fingerprint density at radius 3 is 2.62 bits per heavy atom. The molecule has 7 heteroatoms. The molecule has 130 valence electrons. The summed E-state index contributed by atoms with van der Waals surface area (Å²) in [5.74, 6) is -0.0661. The Hall–Kier alpha value is -3.66. The van der Waals surface area contributed by atoms with E-state index in [0.717, 1.165) is 11.4 Å². The first-order valence-electron chi connectivity index (χ1n) is 8.10. The number of para-hydroxylation sites is 1. The van der Waals surface area contributed by atoms with Gasteiger partial charge in [0.2, 0.25) is 5.91 Å². The summed E-state index contributed by atoms with van der Waals surface area (Å²) in [5, 5.41) is 20.5. The number of hydrogen-bond acceptors (Lipinski definition) is 5. The molecule has 2 aromatic carbocycles. The highest BCUT2D eigenvalue weighted by Crippen LogP contribution is 2.09. The zero-order valence-corrected chi connectivity index (χ0v) is 14.3. The summed E-state index contributed by atoms with van der Waals surface area (Å²) in [6.07, 6.45) is 1.66. The van der Waals surface area contributed by atoms with Crippen LogP contribution in [0.1, 0.15) is 11.3 Å². The minimum absolute atomic E-state index is 0.0661. The molecule has 1 aromatic heterocycles. The lowest BCUT2D eigenvalue weighted by Crippen LogP contribution is -2.31. The van der Waals surface area contributed by atoms with Gasteiger partial charge in [0.05, 0.1) is 36.6 Å². The van der Waals surface area contributed by atoms with Crippen LogP contribution in [0.5, 0.6) is 0 Å². The van der Waals surface area contributed by atoms with Crippen molar-refractivity contribution in [1.29, 1.82) is 5.26 Å². The van der Waals surface area contributed by atoms with Crippen LogP contribution in [0, 0.1) is 11.3 Å². The Morgan fingerprint density at radius 1 is 1.19 bits per heavy atom. The van der Waals surface area contributed by atoms with Crippen LogP contribution in [0.15, 0.2) is 60.8 Å². The summed E-state index contributed by atoms with van der Waals surface area (Å²) in [5.41, 5.74) is 2.96. The molecule has 1 amide bonds. The third-order valence-corrected chi connectivity index (χ3v) is 3.81. The van der Waals surface area contributed by atoms with Crippen LogP contribution in [-0.4, -0.2) is 39.4 Å². The Bertz CT molecular complexity index is 911. The van der Waals surface area contributed by atoms with E-state index in [0.29, 0.717) is 17.8 Å². The van der Waals surface area contributed by atoms with Crippen molar-refractivity contribution in [3.8, 4) is 11.8 Å². The van der Waals surface area contributed by atoms with Crippen molar-refractivity contribution in [3.63, 3.8) is 0 Å². The van der Waals surface area contributed by atoms with Crippen molar-refractivity contribution >= 4 is 11.6 Å². The number of benzene rings is 2. The van der Waals surface area contributed by atoms with Crippen molar-refractivity contribution in [1.82, 2.24) is 19.9 Å². The maximum atomic E-state index is 12.3. The van der Waals surface area contributed by atoms with Gasteiger partial charge in [-0.25, -0.2) is 0 Å². The number of nitrogens with zero attached hydrogens (tertiary/aromatic N) is 5. The number of hydrogen-bond donors (Lipinski definition) is 1. The fraction of sp³-hybridized carbons (Fsp3) is 0.158. The first-order valence-corrected chi connectivity index (χ1v) is 8.10. The van der Waals surface area contributed by atoms with Crippen molar-refractivity contribution in [3.05, 3.63) is 72.1 Å². The van der Waals surface area contributed by atoms with Gasteiger partial charge in [-0.05, 0) is 36.4 Å². The van der Waals surface area contributed by atoms with Gasteiger partial charge < -0.3 is 10.2 Å². The van der Waals surface area contributed by atoms with Gasteiger partial charge in [0.25, 0.3) is 0 Å². The van der Waals surface area contributed by atoms with E-state index in [2.05, 4.69) is 21.6 Å². The summed E-state index contributed by atoms with van der Waals surface area (Å²) >= 11 is 0. The van der Waals surface area contributed by atoms with E-state index < -0.39 is 0 Å². The Kier molecular flexibility index (Phi) is 5.25. The molecule has 1 N–H and O–H groups in total. The van der Waals surface area contributed by atoms with Crippen LogP contribution in [0.4, 0.5) is 5.69 Å². The highest BCUT2D eigenvalue weighted by molar-refractivity contribution is 5.80. The van der Waals surface area contributed by atoms with Gasteiger partial charge in [-0.15, -0.1) is 0 Å². The number of nitriles is 1. The maximum Gasteiger partial charge on any atom is 0.241 e. The molecule has 0 atom stereocenters. The second-order valence-corrected chi connectivity index (χ2v) is 5.75. The smallest absolute Gasteiger partial charge is 0.241 e. The molecule has 0 spiro atoms. The van der Waals surface area contributed by atoms with Gasteiger partial charge >= 0.3 is 0 Å². The van der Waals surface area contributed by atoms with Crippen LogP contribution < -0.4 is 5.32 Å². The average molecular weight is 346 g/mol. The topological polar surface area (TPSA) is 86.8 Å². The number of carbonyl (C=O) groups excluding carboxylic acids is 1. The molecule has 3 rings (SSSR count). The predicted molar refractivity (Wildman–Crippen MR) is 97.5 cm³/mol. The van der Waals surface area contributed by atoms with Crippen molar-refractivity contribution in [2.24, 2.45) is 0 Å². The van der Waals surface area contributed by atoms with Gasteiger partial charge in [0.1, 0.15) is 5.69 Å². The van der Waals surface area contributed by atoms with E-state index >= 15 is 0 Å². The predicted octanol–water partition coefficient (Wildman–Crippen LogP) is 2.21. The molecule has 0 radical (unpaired) electrons. The molecule has 0 fully saturated rings. The lowest BCUT2D eigenvalue weighted by molar-refractivity contribution is -0.128. The van der Waals surface area contributed by atoms with Crippen molar-refractivity contribution in [2.75, 3.05) is 18.9 Å². The minimum atomic E-state index is -0.0661. The zero-order chi connectivity index (χ0) is 18.4. The summed E-state index contributed by atoms with van der Waals surface area (Å²) < 4.78 is 0. The van der Waals surface area contributed by atoms with E-state index in [4.69, 9.17) is 5.26 Å². The van der Waals surface area contributed by atoms with Crippen LogP contribution >= 0.6 is 0 Å². The Morgan fingerprint density at radius 2 is 1.92 bits per heavy atom. The van der Waals surface area contributed by atoms with Crippen LogP contribution in [0.2, 0.25) is 0 Å². The van der Waals surface area contributed by atoms with E-state index in [9.17, 15) is 4.79 Å². The van der Waals surface area contributed by atoms with Crippen LogP contribution in [-0.2, 0) is 11.3 Å². The monoisotopic (exact) mass is 346 g/mol. The fourth-order valence-corrected chi connectivity index (χ4v) is 2.36. The molecule has 0 unspecified atom stereocenters. The Labute approximate surface area is 151 Å². The SMILES string of the molecule is CN(Cc1cnn(-c2ccccc2)n1)C(=O)CNc1ccc(C#N)cc1. The van der Waals surface area contributed by atoms with E-state index in [1.165, 1.54) is 0 Å². The van der Waals surface area contributed by atoms with E-state index in [1.807, 2.05) is 30.3 Å². The molecule has 0 aliphatic heterocycles. The normalized spacial score (nSPS) is 10.2. The number of carbonyl (C=O) groups is 1. The molecule has 0 saturated carbocycles. The van der Waals surface area contributed by atoms with E-state index in [1.54, 1.807) is 47.2 Å². The largest absolute Gasteiger partial charge is 0.376 e. The third-order valence-electron chi connectivity index (χ3n) is 3.81. The Balaban J connectivity index is 1.54. The van der Waals surface area contributed by atoms with Crippen molar-refractivity contribution < 1.29 is 4.79 Å². The fourth-order valence-electron chi connectivity index (χ4n) is 2.36. The molecule has 0 aliphatic carbocycles. The zero-order valence-electron chi connectivity index (χ0n) is 14.3. The van der Waals surface area contributed by atoms with Gasteiger partial charge in [-0.2, -0.15) is 20.3 Å². The molecule has 1 heterocycles. The average Bonchev–Trinajstić information content (AvgIpc) is 3.15. The summed E-state index contributed by atoms with van der Waals surface area (Å²) in [7, 11) is 1.73. The molecule has 0 bridgehead atoms. The number of aromatic nitrogens is 3. The highest BCUT2D eigenvalue weighted by atomic mass is 16.2. The molecule has 26 heavy (non-hydrogen) atoms. The summed E-state index contributed by atoms with van der Waals surface area (Å²) in [6, 6.07) is 18.6. The van der Waals surface area contributed by atoms with Gasteiger partial charge in [-0.3, -0.25) is 4.79 Å². The van der Waals surface area contributed by atoms with Crippen LogP contribution in [0.25, 0.3) is 5.69 Å². The number of amides is 1. The van der Waals surface area contributed by atoms with Gasteiger partial charge in [0.15, 0.2) is 0 Å². The summed E-state index contributed by atoms with van der Waals surface area (Å²) in [6.45, 7) is 0.538. The number of rotatable bonds is 6. The quantitative estimate of drug-likeness (QED) is 0.739. The molecule has 0 aliphatic rings. The lowest BCUT2D eigenvalue weighted by Gasteiger charge is -2.16. The van der Waals surface area contributed by atoms with E-state index in [-0.39, 0.29) is 12.5 Å². The first-order chi connectivity index (χ1) is 12.7. The second kappa shape index (κ2) is 7.94. The van der Waals surface area contributed by atoms with Crippen molar-refractivity contribution in [2.45, 2.75) is 6.54 Å². The molecule has 3 aromatic rings. The number of likely N-dealkylation sites (N-methyl/N-ethyl adjacent to an activating group) is 1. The molecular formula is C19H18N6O. The molecule has 7 nitrogen and oxygen atoms in total. The molecular weight excluding hydrogens is 328 g/mol. The van der Waals surface area contributed by atoms with Gasteiger partial charge in [-0.1, -0.05) is 18.2 Å². The summed E-state index contributed by atoms with van der Waals surface area (Å²) in [4.78, 5) is 15.4. The third kappa shape index (κ3) is 4.24. The lowest BCUT2D eigenvalue weighted by atomic mass is 10.2. The minimum Gasteiger partial charge on any atom is -0.376 e. The second-order valence-electron chi connectivity index (χ2n) is 5.75. The molecule has 0 saturated heterocycles. The van der Waals surface area contributed by atoms with Gasteiger partial charge in [0, 0.05) is 12.7 Å².